The summed E-state index contributed by atoms with van der Waals surface area (Å²) in [6, 6.07) is 23.1. The molecule has 236 valence electrons. The number of hydrogen-bond acceptors (Lipinski definition) is 8. The molecule has 2 aliphatic heterocycles. The average Bonchev–Trinajstić information content (AvgIpc) is 3.47. The fraction of sp³-hybridized carbons (Fsp3) is 0.286. The first kappa shape index (κ1) is 31.5. The minimum absolute atomic E-state index is 0.0967. The zero-order valence-electron chi connectivity index (χ0n) is 25.8. The van der Waals surface area contributed by atoms with Crippen molar-refractivity contribution in [3.63, 3.8) is 0 Å². The fourth-order valence-electron chi connectivity index (χ4n) is 5.89. The summed E-state index contributed by atoms with van der Waals surface area (Å²) < 4.78 is 6.48. The van der Waals surface area contributed by atoms with Gasteiger partial charge in [0.1, 0.15) is 11.8 Å². The molecule has 0 aliphatic carbocycles. The highest BCUT2D eigenvalue weighted by Gasteiger charge is 2.56. The van der Waals surface area contributed by atoms with Crippen LogP contribution < -0.4 is 15.1 Å². The lowest BCUT2D eigenvalue weighted by Crippen LogP contribution is -2.33. The third-order valence-electron chi connectivity index (χ3n) is 8.18. The number of benzene rings is 3. The molecule has 6 rings (SSSR count). The topological polar surface area (TPSA) is 115 Å². The Kier molecular flexibility index (Phi) is 8.47. The van der Waals surface area contributed by atoms with Crippen LogP contribution in [0.5, 0.6) is 0 Å². The van der Waals surface area contributed by atoms with Crippen LogP contribution in [-0.2, 0) is 31.1 Å². The number of para-hydroxylation sites is 1. The number of nitrogens with zero attached hydrogens (tertiary/aromatic N) is 2. The number of ether oxygens (including phenoxy) is 1. The van der Waals surface area contributed by atoms with E-state index >= 15 is 0 Å². The number of carbonyl (C=O) groups is 4. The van der Waals surface area contributed by atoms with E-state index in [-0.39, 0.29) is 35.3 Å². The van der Waals surface area contributed by atoms with Gasteiger partial charge in [-0.1, -0.05) is 86.3 Å². The molecule has 0 spiro atoms. The van der Waals surface area contributed by atoms with Crippen molar-refractivity contribution in [3.8, 4) is 0 Å². The molecule has 3 atom stereocenters. The molecule has 46 heavy (non-hydrogen) atoms. The number of thiazole rings is 1. The Labute approximate surface area is 274 Å². The smallest absolute Gasteiger partial charge is 0.338 e. The number of aromatic nitrogens is 1. The first-order valence-electron chi connectivity index (χ1n) is 15.0. The SMILES string of the molecule is CCOC(=O)c1ccc(N2C(=O)C3Sc4c(sc(=O)n4CC(=O)Nc4ccccc4)[C@H](c4ccc(C(C)(C)C)cc4)C3C2=O)cc1. The van der Waals surface area contributed by atoms with E-state index in [4.69, 9.17) is 4.74 Å². The van der Waals surface area contributed by atoms with E-state index in [0.29, 0.717) is 26.8 Å². The first-order chi connectivity index (χ1) is 22.0. The molecule has 1 saturated heterocycles. The number of hydrogen-bond donors (Lipinski definition) is 1. The molecule has 9 nitrogen and oxygen atoms in total. The Morgan fingerprint density at radius 3 is 2.20 bits per heavy atom. The van der Waals surface area contributed by atoms with Gasteiger partial charge < -0.3 is 10.1 Å². The standard InChI is InChI=1S/C35H33N3O6S2/c1-5-44-33(42)21-13-17-24(18-14-21)38-30(40)27-26(20-11-15-22(16-12-20)35(2,3)4)29-32(45-28(27)31(38)41)37(34(43)46-29)19-25(39)36-23-9-7-6-8-10-23/h6-18,26-28H,5,19H2,1-4H3,(H,36,39)/t26-,27?,28?/m1/s1. The molecular weight excluding hydrogens is 623 g/mol. The highest BCUT2D eigenvalue weighted by Crippen LogP contribution is 2.54. The summed E-state index contributed by atoms with van der Waals surface area (Å²) in [5, 5.41) is 2.52. The number of fused-ring (bicyclic) bond motifs is 2. The largest absolute Gasteiger partial charge is 0.462 e. The van der Waals surface area contributed by atoms with Gasteiger partial charge >= 0.3 is 10.8 Å². The zero-order chi connectivity index (χ0) is 32.7. The van der Waals surface area contributed by atoms with E-state index in [2.05, 4.69) is 26.1 Å². The summed E-state index contributed by atoms with van der Waals surface area (Å²) in [5.74, 6) is -3.01. The quantitative estimate of drug-likeness (QED) is 0.197. The van der Waals surface area contributed by atoms with Gasteiger partial charge in [0.2, 0.25) is 17.7 Å². The van der Waals surface area contributed by atoms with Gasteiger partial charge in [-0.15, -0.1) is 0 Å². The fourth-order valence-corrected chi connectivity index (χ4v) is 8.66. The Hall–Kier alpha value is -4.48. The summed E-state index contributed by atoms with van der Waals surface area (Å²) >= 11 is 2.17. The number of carbonyl (C=O) groups excluding carboxylic acids is 4. The van der Waals surface area contributed by atoms with Crippen molar-refractivity contribution >= 4 is 58.2 Å². The molecule has 3 aromatic carbocycles. The average molecular weight is 656 g/mol. The molecule has 3 amide bonds. The number of imide groups is 1. The summed E-state index contributed by atoms with van der Waals surface area (Å²) in [6.07, 6.45) is 0. The van der Waals surface area contributed by atoms with Crippen LogP contribution in [0.4, 0.5) is 11.4 Å². The van der Waals surface area contributed by atoms with E-state index < -0.39 is 29.0 Å². The minimum Gasteiger partial charge on any atom is -0.462 e. The molecule has 3 heterocycles. The van der Waals surface area contributed by atoms with Gasteiger partial charge in [0.15, 0.2) is 0 Å². The second-order valence-electron chi connectivity index (χ2n) is 12.2. The summed E-state index contributed by atoms with van der Waals surface area (Å²) in [6.45, 7) is 8.05. The van der Waals surface area contributed by atoms with Crippen molar-refractivity contribution in [2.24, 2.45) is 5.92 Å². The molecule has 1 aromatic heterocycles. The lowest BCUT2D eigenvalue weighted by Gasteiger charge is -2.31. The molecule has 1 fully saturated rings. The maximum absolute atomic E-state index is 14.2. The van der Waals surface area contributed by atoms with Crippen molar-refractivity contribution in [2.75, 3.05) is 16.8 Å². The normalized spacial score (nSPS) is 19.0. The lowest BCUT2D eigenvalue weighted by atomic mass is 9.81. The molecule has 4 aromatic rings. The second-order valence-corrected chi connectivity index (χ2v) is 14.4. The maximum atomic E-state index is 14.2. The van der Waals surface area contributed by atoms with E-state index in [9.17, 15) is 24.0 Å². The Morgan fingerprint density at radius 2 is 1.57 bits per heavy atom. The van der Waals surface area contributed by atoms with Crippen LogP contribution in [0.2, 0.25) is 0 Å². The van der Waals surface area contributed by atoms with Gasteiger partial charge in [-0.25, -0.2) is 9.69 Å². The van der Waals surface area contributed by atoms with Gasteiger partial charge in [0, 0.05) is 16.5 Å². The molecule has 2 unspecified atom stereocenters. The Bertz CT molecular complexity index is 1870. The van der Waals surface area contributed by atoms with Crippen LogP contribution in [-0.4, -0.2) is 40.1 Å². The molecule has 0 saturated carbocycles. The van der Waals surface area contributed by atoms with E-state index in [0.717, 1.165) is 34.2 Å². The van der Waals surface area contributed by atoms with Gasteiger partial charge in [0.25, 0.3) is 0 Å². The summed E-state index contributed by atoms with van der Waals surface area (Å²) in [5.41, 5.74) is 3.10. The van der Waals surface area contributed by atoms with Crippen molar-refractivity contribution in [3.05, 3.63) is 110 Å². The number of esters is 1. The van der Waals surface area contributed by atoms with E-state index in [1.807, 2.05) is 30.3 Å². The van der Waals surface area contributed by atoms with Crippen LogP contribution >= 0.6 is 23.1 Å². The molecule has 0 radical (unpaired) electrons. The predicted octanol–water partition coefficient (Wildman–Crippen LogP) is 5.82. The summed E-state index contributed by atoms with van der Waals surface area (Å²) in [7, 11) is 0. The van der Waals surface area contributed by atoms with Gasteiger partial charge in [0.05, 0.1) is 28.8 Å². The number of rotatable bonds is 7. The third kappa shape index (κ3) is 5.80. The van der Waals surface area contributed by atoms with Crippen LogP contribution in [0.3, 0.4) is 0 Å². The van der Waals surface area contributed by atoms with Crippen LogP contribution in [0.25, 0.3) is 0 Å². The van der Waals surface area contributed by atoms with Crippen molar-refractivity contribution in [1.82, 2.24) is 4.57 Å². The van der Waals surface area contributed by atoms with Crippen LogP contribution in [0.1, 0.15) is 60.0 Å². The molecule has 1 N–H and O–H groups in total. The predicted molar refractivity (Wildman–Crippen MR) is 179 cm³/mol. The number of nitrogens with one attached hydrogen (secondary N) is 1. The van der Waals surface area contributed by atoms with Crippen LogP contribution in [0, 0.1) is 5.92 Å². The molecule has 0 bridgehead atoms. The zero-order valence-corrected chi connectivity index (χ0v) is 27.4. The minimum atomic E-state index is -0.825. The molecule has 11 heteroatoms. The van der Waals surface area contributed by atoms with Gasteiger partial charge in [-0.3, -0.25) is 23.7 Å². The number of anilines is 2. The highest BCUT2D eigenvalue weighted by molar-refractivity contribution is 8.00. The lowest BCUT2D eigenvalue weighted by molar-refractivity contribution is -0.122. The number of thioether (sulfide) groups is 1. The number of amides is 3. The van der Waals surface area contributed by atoms with E-state index in [1.54, 1.807) is 43.3 Å². The van der Waals surface area contributed by atoms with Gasteiger partial charge in [-0.05, 0) is 59.9 Å². The Balaban J connectivity index is 1.39. The maximum Gasteiger partial charge on any atom is 0.338 e. The first-order valence-corrected chi connectivity index (χ1v) is 16.7. The van der Waals surface area contributed by atoms with Crippen molar-refractivity contribution in [2.45, 2.75) is 55.8 Å². The van der Waals surface area contributed by atoms with Crippen molar-refractivity contribution < 1.29 is 23.9 Å². The summed E-state index contributed by atoms with van der Waals surface area (Å²) in [4.78, 5) is 68.5. The van der Waals surface area contributed by atoms with Crippen molar-refractivity contribution in [1.29, 1.82) is 0 Å². The molecule has 2 aliphatic rings. The monoisotopic (exact) mass is 655 g/mol. The molecular formula is C35H33N3O6S2. The third-order valence-corrected chi connectivity index (χ3v) is 10.8. The van der Waals surface area contributed by atoms with Crippen LogP contribution in [0.15, 0.2) is 88.7 Å². The Morgan fingerprint density at radius 1 is 0.891 bits per heavy atom. The van der Waals surface area contributed by atoms with Gasteiger partial charge in [-0.2, -0.15) is 0 Å². The highest BCUT2D eigenvalue weighted by atomic mass is 32.2. The van der Waals surface area contributed by atoms with E-state index in [1.165, 1.54) is 21.6 Å². The second kappa shape index (κ2) is 12.4.